The number of aliphatic hydroxyl groups is 1. The Morgan fingerprint density at radius 3 is 2.59 bits per heavy atom. The fourth-order valence-corrected chi connectivity index (χ4v) is 4.81. The molecule has 3 nitrogen and oxygen atoms in total. The highest BCUT2D eigenvalue weighted by molar-refractivity contribution is 5.85. The van der Waals surface area contributed by atoms with Crippen molar-refractivity contribution in [3.05, 3.63) is 65.2 Å². The predicted molar refractivity (Wildman–Crippen MR) is 123 cm³/mol. The van der Waals surface area contributed by atoms with Crippen LogP contribution in [0.2, 0.25) is 0 Å². The lowest BCUT2D eigenvalue weighted by atomic mass is 9.73. The van der Waals surface area contributed by atoms with Crippen LogP contribution in [0.5, 0.6) is 5.75 Å². The number of hydrogen-bond donors (Lipinski definition) is 1. The second-order valence-corrected chi connectivity index (χ2v) is 7.93. The number of nitrogens with zero attached hydrogens (tertiary/aromatic N) is 1. The van der Waals surface area contributed by atoms with Gasteiger partial charge in [0.2, 0.25) is 0 Å². The zero-order valence-electron chi connectivity index (χ0n) is 18.1. The third-order valence-electron chi connectivity index (χ3n) is 6.42. The van der Waals surface area contributed by atoms with Gasteiger partial charge in [0, 0.05) is 5.92 Å². The highest BCUT2D eigenvalue weighted by atomic mass is 35.5. The van der Waals surface area contributed by atoms with Crippen molar-refractivity contribution in [2.24, 2.45) is 0 Å². The van der Waals surface area contributed by atoms with Gasteiger partial charge in [0.05, 0.1) is 12.7 Å². The molecular formula is C25H36ClNO2. The van der Waals surface area contributed by atoms with Crippen LogP contribution in [-0.2, 0) is 12.0 Å². The Hall–Kier alpha value is -1.55. The number of halogens is 1. The minimum Gasteiger partial charge on any atom is -0.497 e. The van der Waals surface area contributed by atoms with Crippen LogP contribution >= 0.6 is 12.4 Å². The van der Waals surface area contributed by atoms with Crippen LogP contribution in [0.3, 0.4) is 0 Å². The van der Waals surface area contributed by atoms with Gasteiger partial charge in [-0.15, -0.1) is 12.4 Å². The maximum atomic E-state index is 12.2. The molecule has 2 aromatic carbocycles. The third-order valence-corrected chi connectivity index (χ3v) is 6.42. The molecule has 2 aromatic rings. The second kappa shape index (κ2) is 11.0. The molecule has 1 aliphatic rings. The molecule has 0 heterocycles. The van der Waals surface area contributed by atoms with E-state index in [4.69, 9.17) is 4.74 Å². The molecule has 0 bridgehead atoms. The molecule has 0 amide bonds. The summed E-state index contributed by atoms with van der Waals surface area (Å²) in [5.41, 5.74) is 2.77. The third kappa shape index (κ3) is 5.33. The number of aryl methyl sites for hydroxylation is 1. The van der Waals surface area contributed by atoms with Crippen LogP contribution in [0, 0.1) is 0 Å². The summed E-state index contributed by atoms with van der Waals surface area (Å²) in [6, 6.07) is 16.8. The van der Waals surface area contributed by atoms with E-state index in [0.29, 0.717) is 0 Å². The van der Waals surface area contributed by atoms with Crippen molar-refractivity contribution >= 4 is 12.4 Å². The lowest BCUT2D eigenvalue weighted by Gasteiger charge is -2.37. The first-order valence-electron chi connectivity index (χ1n) is 10.8. The van der Waals surface area contributed by atoms with E-state index in [1.54, 1.807) is 7.11 Å². The van der Waals surface area contributed by atoms with E-state index in [-0.39, 0.29) is 18.3 Å². The Morgan fingerprint density at radius 2 is 1.86 bits per heavy atom. The van der Waals surface area contributed by atoms with Gasteiger partial charge < -0.3 is 14.7 Å². The van der Waals surface area contributed by atoms with Gasteiger partial charge in [-0.25, -0.2) is 0 Å². The first-order valence-corrected chi connectivity index (χ1v) is 10.8. The first kappa shape index (κ1) is 23.7. The molecule has 160 valence electrons. The Balaban J connectivity index is 0.00000300. The second-order valence-electron chi connectivity index (χ2n) is 7.93. The van der Waals surface area contributed by atoms with Crippen molar-refractivity contribution in [1.82, 2.24) is 4.90 Å². The molecule has 0 unspecified atom stereocenters. The Bertz CT molecular complexity index is 762. The molecule has 1 N–H and O–H groups in total. The SMILES string of the molecule is CCN(CC)CCC[C@]1(O)c2ccccc2CCC[C@H]1c1cccc(OC)c1.Cl. The number of methoxy groups -OCH3 is 1. The van der Waals surface area contributed by atoms with Crippen molar-refractivity contribution in [2.75, 3.05) is 26.7 Å². The van der Waals surface area contributed by atoms with Gasteiger partial charge in [0.15, 0.2) is 0 Å². The van der Waals surface area contributed by atoms with Crippen LogP contribution in [0.1, 0.15) is 62.1 Å². The molecule has 0 aromatic heterocycles. The van der Waals surface area contributed by atoms with E-state index in [1.807, 2.05) is 12.1 Å². The summed E-state index contributed by atoms with van der Waals surface area (Å²) in [6.45, 7) is 7.56. The van der Waals surface area contributed by atoms with Crippen LogP contribution in [-0.4, -0.2) is 36.8 Å². The number of fused-ring (bicyclic) bond motifs is 1. The zero-order chi connectivity index (χ0) is 20.0. The topological polar surface area (TPSA) is 32.7 Å². The highest BCUT2D eigenvalue weighted by Crippen LogP contribution is 2.47. The summed E-state index contributed by atoms with van der Waals surface area (Å²) in [5.74, 6) is 0.948. The lowest BCUT2D eigenvalue weighted by Crippen LogP contribution is -2.35. The number of benzene rings is 2. The van der Waals surface area contributed by atoms with Gasteiger partial charge in [-0.2, -0.15) is 0 Å². The van der Waals surface area contributed by atoms with E-state index >= 15 is 0 Å². The summed E-state index contributed by atoms with van der Waals surface area (Å²) in [7, 11) is 1.71. The van der Waals surface area contributed by atoms with E-state index in [0.717, 1.165) is 63.1 Å². The molecule has 0 fully saturated rings. The molecule has 0 saturated carbocycles. The average Bonchev–Trinajstić information content (AvgIpc) is 2.88. The van der Waals surface area contributed by atoms with Gasteiger partial charge in [-0.1, -0.05) is 50.2 Å². The van der Waals surface area contributed by atoms with Crippen molar-refractivity contribution < 1.29 is 9.84 Å². The van der Waals surface area contributed by atoms with Crippen molar-refractivity contribution in [2.45, 2.75) is 57.5 Å². The van der Waals surface area contributed by atoms with Crippen LogP contribution in [0.15, 0.2) is 48.5 Å². The Morgan fingerprint density at radius 1 is 1.10 bits per heavy atom. The summed E-state index contributed by atoms with van der Waals surface area (Å²) < 4.78 is 5.47. The van der Waals surface area contributed by atoms with E-state index in [2.05, 4.69) is 55.1 Å². The molecule has 2 atom stereocenters. The van der Waals surface area contributed by atoms with Crippen LogP contribution < -0.4 is 4.74 Å². The fourth-order valence-electron chi connectivity index (χ4n) is 4.81. The summed E-state index contributed by atoms with van der Waals surface area (Å²) in [6.07, 6.45) is 4.89. The molecule has 0 saturated heterocycles. The minimum absolute atomic E-state index is 0. The highest BCUT2D eigenvalue weighted by Gasteiger charge is 2.41. The largest absolute Gasteiger partial charge is 0.497 e. The zero-order valence-corrected chi connectivity index (χ0v) is 18.9. The standard InChI is InChI=1S/C25H35NO2.ClH/c1-4-26(5-2)18-10-17-25(27)23-15-7-6-11-20(23)12-9-16-24(25)21-13-8-14-22(19-21)28-3;/h6-8,11,13-15,19,24,27H,4-5,9-10,12,16-18H2,1-3H3;1H/t24-,25-;/m0./s1. The molecule has 3 rings (SSSR count). The number of hydrogen-bond acceptors (Lipinski definition) is 3. The normalized spacial score (nSPS) is 21.2. The Labute approximate surface area is 182 Å². The quantitative estimate of drug-likeness (QED) is 0.572. The molecule has 29 heavy (non-hydrogen) atoms. The van der Waals surface area contributed by atoms with Gasteiger partial charge >= 0.3 is 0 Å². The van der Waals surface area contributed by atoms with Gasteiger partial charge in [0.25, 0.3) is 0 Å². The molecule has 0 aliphatic heterocycles. The average molecular weight is 418 g/mol. The molecule has 4 heteroatoms. The van der Waals surface area contributed by atoms with Crippen molar-refractivity contribution in [1.29, 1.82) is 0 Å². The smallest absolute Gasteiger partial charge is 0.119 e. The molecule has 0 radical (unpaired) electrons. The summed E-state index contributed by atoms with van der Waals surface area (Å²) in [4.78, 5) is 2.44. The maximum Gasteiger partial charge on any atom is 0.119 e. The number of rotatable bonds is 8. The van der Waals surface area contributed by atoms with Gasteiger partial charge in [0.1, 0.15) is 5.75 Å². The van der Waals surface area contributed by atoms with Gasteiger partial charge in [-0.05, 0) is 80.6 Å². The van der Waals surface area contributed by atoms with E-state index in [1.165, 1.54) is 11.1 Å². The molecular weight excluding hydrogens is 382 g/mol. The minimum atomic E-state index is -0.841. The van der Waals surface area contributed by atoms with Crippen molar-refractivity contribution in [3.63, 3.8) is 0 Å². The number of ether oxygens (including phenoxy) is 1. The molecule has 1 aliphatic carbocycles. The predicted octanol–water partition coefficient (Wildman–Crippen LogP) is 5.55. The Kier molecular flexibility index (Phi) is 9.01. The van der Waals surface area contributed by atoms with Gasteiger partial charge in [-0.3, -0.25) is 0 Å². The van der Waals surface area contributed by atoms with Crippen LogP contribution in [0.25, 0.3) is 0 Å². The fraction of sp³-hybridized carbons (Fsp3) is 0.520. The lowest BCUT2D eigenvalue weighted by molar-refractivity contribution is -0.00674. The van der Waals surface area contributed by atoms with E-state index < -0.39 is 5.60 Å². The molecule has 0 spiro atoms. The van der Waals surface area contributed by atoms with Crippen LogP contribution in [0.4, 0.5) is 0 Å². The monoisotopic (exact) mass is 417 g/mol. The first-order chi connectivity index (χ1) is 13.6. The summed E-state index contributed by atoms with van der Waals surface area (Å²) in [5, 5.41) is 12.2. The van der Waals surface area contributed by atoms with E-state index in [9.17, 15) is 5.11 Å². The summed E-state index contributed by atoms with van der Waals surface area (Å²) >= 11 is 0. The van der Waals surface area contributed by atoms with Crippen molar-refractivity contribution in [3.8, 4) is 5.75 Å². The maximum absolute atomic E-state index is 12.2.